The van der Waals surface area contributed by atoms with E-state index in [0.717, 1.165) is 98.4 Å². The number of para-hydroxylation sites is 4. The van der Waals surface area contributed by atoms with Gasteiger partial charge in [0.2, 0.25) is 0 Å². The molecule has 0 saturated carbocycles. The third kappa shape index (κ3) is 4.86. The van der Waals surface area contributed by atoms with E-state index in [9.17, 15) is 0 Å². The Morgan fingerprint density at radius 3 is 1.47 bits per heavy atom. The Hall–Kier alpha value is -6.96. The SMILES string of the molecule is c1ccc(N(c2ccc3c(c2)oc2ccccc23)c2ccc3c(c2)sc2cc(N(c4ccccc4)c4ccc5c(c4)oc4ccccc45)nnc23)cc1. The normalized spacial score (nSPS) is 11.8. The predicted octanol–water partition coefficient (Wildman–Crippen LogP) is 13.6. The lowest BCUT2D eigenvalue weighted by atomic mass is 10.1. The van der Waals surface area contributed by atoms with Gasteiger partial charge in [0.1, 0.15) is 27.8 Å². The third-order valence-corrected chi connectivity index (χ3v) is 11.0. The van der Waals surface area contributed by atoms with Gasteiger partial charge in [0.25, 0.3) is 0 Å². The van der Waals surface area contributed by atoms with Gasteiger partial charge in [0, 0.05) is 72.6 Å². The Balaban J connectivity index is 1.03. The zero-order valence-electron chi connectivity index (χ0n) is 28.2. The molecule has 53 heavy (non-hydrogen) atoms. The fraction of sp³-hybridized carbons (Fsp3) is 0. The van der Waals surface area contributed by atoms with Crippen LogP contribution in [0.15, 0.2) is 179 Å². The molecule has 11 aromatic rings. The summed E-state index contributed by atoms with van der Waals surface area (Å²) in [5.74, 6) is 0.732. The van der Waals surface area contributed by atoms with Gasteiger partial charge >= 0.3 is 0 Å². The van der Waals surface area contributed by atoms with Gasteiger partial charge in [0.15, 0.2) is 5.82 Å². The second kappa shape index (κ2) is 11.8. The van der Waals surface area contributed by atoms with Crippen molar-refractivity contribution < 1.29 is 8.83 Å². The zero-order valence-corrected chi connectivity index (χ0v) is 29.0. The molecule has 6 nitrogen and oxygen atoms in total. The predicted molar refractivity (Wildman–Crippen MR) is 219 cm³/mol. The number of thiophene rings is 1. The molecule has 0 N–H and O–H groups in total. The fourth-order valence-corrected chi connectivity index (χ4v) is 8.61. The van der Waals surface area contributed by atoms with E-state index in [1.807, 2.05) is 54.6 Å². The summed E-state index contributed by atoms with van der Waals surface area (Å²) in [6.07, 6.45) is 0. The van der Waals surface area contributed by atoms with E-state index in [-0.39, 0.29) is 0 Å². The van der Waals surface area contributed by atoms with Crippen molar-refractivity contribution in [2.24, 2.45) is 0 Å². The first-order valence-electron chi connectivity index (χ1n) is 17.5. The number of hydrogen-bond acceptors (Lipinski definition) is 7. The van der Waals surface area contributed by atoms with E-state index in [1.165, 1.54) is 0 Å². The highest BCUT2D eigenvalue weighted by molar-refractivity contribution is 7.25. The van der Waals surface area contributed by atoms with Crippen LogP contribution in [0, 0.1) is 0 Å². The quantitative estimate of drug-likeness (QED) is 0.172. The first kappa shape index (κ1) is 29.7. The molecule has 7 heteroatoms. The van der Waals surface area contributed by atoms with Crippen LogP contribution in [-0.4, -0.2) is 10.2 Å². The number of hydrogen-bond donors (Lipinski definition) is 0. The fourth-order valence-electron chi connectivity index (χ4n) is 7.51. The maximum Gasteiger partial charge on any atom is 0.161 e. The Kier molecular flexibility index (Phi) is 6.62. The summed E-state index contributed by atoms with van der Waals surface area (Å²) in [5, 5.41) is 15.2. The van der Waals surface area contributed by atoms with Crippen LogP contribution < -0.4 is 9.80 Å². The van der Waals surface area contributed by atoms with E-state index in [4.69, 9.17) is 19.0 Å². The molecule has 0 fully saturated rings. The minimum absolute atomic E-state index is 0.732. The zero-order chi connectivity index (χ0) is 34.9. The highest BCUT2D eigenvalue weighted by Crippen LogP contribution is 2.43. The first-order chi connectivity index (χ1) is 26.2. The van der Waals surface area contributed by atoms with Crippen molar-refractivity contribution in [2.75, 3.05) is 9.80 Å². The summed E-state index contributed by atoms with van der Waals surface area (Å²) in [5.41, 5.74) is 9.39. The molecule has 0 radical (unpaired) electrons. The van der Waals surface area contributed by atoms with Crippen molar-refractivity contribution in [3.05, 3.63) is 170 Å². The van der Waals surface area contributed by atoms with Gasteiger partial charge in [-0.3, -0.25) is 4.90 Å². The molecule has 250 valence electrons. The van der Waals surface area contributed by atoms with E-state index >= 15 is 0 Å². The van der Waals surface area contributed by atoms with Crippen molar-refractivity contribution >= 4 is 110 Å². The number of benzene rings is 7. The van der Waals surface area contributed by atoms with E-state index in [0.29, 0.717) is 0 Å². The number of anilines is 6. The van der Waals surface area contributed by atoms with Crippen LogP contribution in [0.5, 0.6) is 0 Å². The van der Waals surface area contributed by atoms with Crippen LogP contribution in [0.2, 0.25) is 0 Å². The summed E-state index contributed by atoms with van der Waals surface area (Å²) in [7, 11) is 0. The van der Waals surface area contributed by atoms with E-state index in [1.54, 1.807) is 11.3 Å². The number of rotatable bonds is 6. The van der Waals surface area contributed by atoms with Crippen LogP contribution in [0.3, 0.4) is 0 Å². The Morgan fingerprint density at radius 1 is 0.358 bits per heavy atom. The van der Waals surface area contributed by atoms with Crippen molar-refractivity contribution in [3.8, 4) is 0 Å². The van der Waals surface area contributed by atoms with Crippen molar-refractivity contribution in [1.82, 2.24) is 10.2 Å². The van der Waals surface area contributed by atoms with Crippen LogP contribution in [0.4, 0.5) is 34.3 Å². The maximum atomic E-state index is 6.31. The number of fused-ring (bicyclic) bond motifs is 9. The molecule has 11 rings (SSSR count). The Morgan fingerprint density at radius 2 is 0.849 bits per heavy atom. The number of furan rings is 2. The molecule has 4 aromatic heterocycles. The average Bonchev–Trinajstić information content (AvgIpc) is 3.89. The average molecular weight is 701 g/mol. The van der Waals surface area contributed by atoms with E-state index < -0.39 is 0 Å². The van der Waals surface area contributed by atoms with Crippen LogP contribution in [0.25, 0.3) is 64.2 Å². The minimum atomic E-state index is 0.732. The Bertz CT molecular complexity index is 2940. The largest absolute Gasteiger partial charge is 0.456 e. The molecule has 0 atom stereocenters. The smallest absolute Gasteiger partial charge is 0.161 e. The summed E-state index contributed by atoms with van der Waals surface area (Å²) < 4.78 is 14.8. The van der Waals surface area contributed by atoms with Gasteiger partial charge in [-0.2, -0.15) is 0 Å². The second-order valence-corrected chi connectivity index (χ2v) is 14.2. The van der Waals surface area contributed by atoms with Crippen molar-refractivity contribution in [3.63, 3.8) is 0 Å². The lowest BCUT2D eigenvalue weighted by molar-refractivity contribution is 0.668. The Labute approximate surface area is 307 Å². The summed E-state index contributed by atoms with van der Waals surface area (Å²) in [6, 6.07) is 58.6. The molecule has 7 aromatic carbocycles. The minimum Gasteiger partial charge on any atom is -0.456 e. The second-order valence-electron chi connectivity index (χ2n) is 13.1. The molecule has 0 spiro atoms. The van der Waals surface area contributed by atoms with Gasteiger partial charge in [-0.1, -0.05) is 72.8 Å². The lowest BCUT2D eigenvalue weighted by Gasteiger charge is -2.25. The van der Waals surface area contributed by atoms with Crippen LogP contribution in [0.1, 0.15) is 0 Å². The monoisotopic (exact) mass is 700 g/mol. The third-order valence-electron chi connectivity index (χ3n) is 9.94. The molecule has 0 aliphatic rings. The molecule has 0 aliphatic heterocycles. The molecular formula is C46H28N4O2S. The standard InChI is InChI=1S/C46H28N4O2S/c1-3-11-29(12-4-1)49(31-19-22-36-34-15-7-9-17-39(34)51-41(36)25-31)33-21-24-38-43(27-33)53-44-28-45(47-48-46(38)44)50(30-13-5-2-6-14-30)32-20-23-37-35-16-8-10-18-40(35)52-42(37)26-32/h1-28H. The molecule has 0 unspecified atom stereocenters. The molecular weight excluding hydrogens is 673 g/mol. The van der Waals surface area contributed by atoms with Gasteiger partial charge < -0.3 is 13.7 Å². The topological polar surface area (TPSA) is 58.5 Å². The first-order valence-corrected chi connectivity index (χ1v) is 18.3. The van der Waals surface area contributed by atoms with Gasteiger partial charge in [-0.25, -0.2) is 0 Å². The molecule has 4 heterocycles. The molecule has 0 bridgehead atoms. The number of nitrogens with zero attached hydrogens (tertiary/aromatic N) is 4. The lowest BCUT2D eigenvalue weighted by Crippen LogP contribution is -2.12. The van der Waals surface area contributed by atoms with Crippen LogP contribution >= 0.6 is 11.3 Å². The highest BCUT2D eigenvalue weighted by Gasteiger charge is 2.20. The van der Waals surface area contributed by atoms with Gasteiger partial charge in [-0.05, 0) is 78.9 Å². The van der Waals surface area contributed by atoms with Crippen molar-refractivity contribution in [1.29, 1.82) is 0 Å². The van der Waals surface area contributed by atoms with Gasteiger partial charge in [-0.15, -0.1) is 21.5 Å². The molecule has 0 amide bonds. The highest BCUT2D eigenvalue weighted by atomic mass is 32.1. The van der Waals surface area contributed by atoms with Crippen LogP contribution in [-0.2, 0) is 0 Å². The molecule has 0 aliphatic carbocycles. The summed E-state index contributed by atoms with van der Waals surface area (Å²) >= 11 is 1.72. The van der Waals surface area contributed by atoms with Gasteiger partial charge in [0.05, 0.1) is 10.4 Å². The number of aromatic nitrogens is 2. The summed E-state index contributed by atoms with van der Waals surface area (Å²) in [4.78, 5) is 4.42. The molecule has 0 saturated heterocycles. The van der Waals surface area contributed by atoms with E-state index in [2.05, 4.69) is 125 Å². The maximum absolute atomic E-state index is 6.31. The van der Waals surface area contributed by atoms with Crippen molar-refractivity contribution in [2.45, 2.75) is 0 Å². The summed E-state index contributed by atoms with van der Waals surface area (Å²) in [6.45, 7) is 0.